The van der Waals surface area contributed by atoms with E-state index in [-0.39, 0.29) is 10.8 Å². The van der Waals surface area contributed by atoms with E-state index in [1.165, 1.54) is 11.2 Å². The fourth-order valence-electron chi connectivity index (χ4n) is 2.48. The van der Waals surface area contributed by atoms with Crippen LogP contribution in [0.25, 0.3) is 0 Å². The number of carbonyl (C=O) groups excluding carboxylic acids is 1. The first kappa shape index (κ1) is 17.7. The molecule has 23 heavy (non-hydrogen) atoms. The van der Waals surface area contributed by atoms with E-state index in [1.54, 1.807) is 31.4 Å². The van der Waals surface area contributed by atoms with Crippen molar-refractivity contribution >= 4 is 15.9 Å². The minimum atomic E-state index is -3.46. The number of amides is 1. The van der Waals surface area contributed by atoms with Crippen molar-refractivity contribution in [3.05, 3.63) is 24.3 Å². The van der Waals surface area contributed by atoms with E-state index >= 15 is 0 Å². The average Bonchev–Trinajstić information content (AvgIpc) is 2.55. The molecule has 0 bridgehead atoms. The summed E-state index contributed by atoms with van der Waals surface area (Å²) in [7, 11) is -1.92. The quantitative estimate of drug-likeness (QED) is 0.796. The number of hydrogen-bond acceptors (Lipinski definition) is 5. The van der Waals surface area contributed by atoms with Crippen LogP contribution >= 0.6 is 0 Å². The number of benzene rings is 1. The normalized spacial score (nSPS) is 17.0. The van der Waals surface area contributed by atoms with Crippen molar-refractivity contribution in [3.63, 3.8) is 0 Å². The van der Waals surface area contributed by atoms with Crippen LogP contribution in [-0.4, -0.2) is 69.9 Å². The maximum absolute atomic E-state index is 12.6. The highest BCUT2D eigenvalue weighted by Crippen LogP contribution is 2.20. The largest absolute Gasteiger partial charge is 0.497 e. The number of methoxy groups -OCH3 is 1. The summed E-state index contributed by atoms with van der Waals surface area (Å²) in [5.74, 6) is 0.581. The van der Waals surface area contributed by atoms with Gasteiger partial charge in [0.05, 0.1) is 12.0 Å². The van der Waals surface area contributed by atoms with Gasteiger partial charge in [-0.15, -0.1) is 0 Å². The van der Waals surface area contributed by atoms with E-state index in [9.17, 15) is 13.2 Å². The van der Waals surface area contributed by atoms with E-state index in [0.717, 1.165) is 6.54 Å². The molecule has 1 aromatic rings. The monoisotopic (exact) mass is 341 g/mol. The van der Waals surface area contributed by atoms with Crippen LogP contribution < -0.4 is 10.1 Å². The van der Waals surface area contributed by atoms with Gasteiger partial charge in [-0.25, -0.2) is 8.42 Å². The zero-order valence-corrected chi connectivity index (χ0v) is 14.3. The second kappa shape index (κ2) is 7.76. The lowest BCUT2D eigenvalue weighted by atomic mass is 10.3. The lowest BCUT2D eigenvalue weighted by Gasteiger charge is -2.33. The summed E-state index contributed by atoms with van der Waals surface area (Å²) < 4.78 is 31.8. The van der Waals surface area contributed by atoms with Gasteiger partial charge in [0.1, 0.15) is 5.75 Å². The molecule has 2 rings (SSSR count). The Morgan fingerprint density at radius 1 is 1.17 bits per heavy atom. The van der Waals surface area contributed by atoms with Gasteiger partial charge in [0.2, 0.25) is 15.9 Å². The summed E-state index contributed by atoms with van der Waals surface area (Å²) in [6.07, 6.45) is 0. The molecular weight excluding hydrogens is 318 g/mol. The van der Waals surface area contributed by atoms with E-state index in [2.05, 4.69) is 10.2 Å². The molecule has 1 amide bonds. The molecule has 1 fully saturated rings. The van der Waals surface area contributed by atoms with Crippen LogP contribution in [0.5, 0.6) is 5.75 Å². The molecule has 0 atom stereocenters. The molecule has 0 unspecified atom stereocenters. The predicted octanol–water partition coefficient (Wildman–Crippen LogP) is 0.138. The molecule has 1 aliphatic rings. The fraction of sp³-hybridized carbons (Fsp3) is 0.533. The summed E-state index contributed by atoms with van der Waals surface area (Å²) >= 11 is 0. The Morgan fingerprint density at radius 2 is 1.78 bits per heavy atom. The summed E-state index contributed by atoms with van der Waals surface area (Å²) in [4.78, 5) is 13.3. The summed E-state index contributed by atoms with van der Waals surface area (Å²) in [5.41, 5.74) is 0. The zero-order valence-electron chi connectivity index (χ0n) is 13.5. The molecule has 1 aliphatic heterocycles. The third-order valence-electron chi connectivity index (χ3n) is 3.83. The summed E-state index contributed by atoms with van der Waals surface area (Å²) in [5, 5.41) is 2.75. The van der Waals surface area contributed by atoms with Gasteiger partial charge in [-0.3, -0.25) is 9.69 Å². The van der Waals surface area contributed by atoms with Crippen LogP contribution in [-0.2, 0) is 14.8 Å². The third-order valence-corrected chi connectivity index (χ3v) is 5.74. The Bertz CT molecular complexity index is 623. The first-order valence-electron chi connectivity index (χ1n) is 7.54. The Morgan fingerprint density at radius 3 is 2.30 bits per heavy atom. The van der Waals surface area contributed by atoms with Crippen molar-refractivity contribution in [2.75, 3.05) is 46.4 Å². The van der Waals surface area contributed by atoms with Crippen molar-refractivity contribution in [1.82, 2.24) is 14.5 Å². The van der Waals surface area contributed by atoms with Crippen molar-refractivity contribution in [1.29, 1.82) is 0 Å². The number of nitrogens with zero attached hydrogens (tertiary/aromatic N) is 2. The highest BCUT2D eigenvalue weighted by molar-refractivity contribution is 7.89. The number of sulfonamides is 1. The molecular formula is C15H23N3O4S. The van der Waals surface area contributed by atoms with E-state index in [0.29, 0.717) is 38.5 Å². The molecule has 0 saturated carbocycles. The molecule has 0 radical (unpaired) electrons. The van der Waals surface area contributed by atoms with E-state index in [1.807, 2.05) is 0 Å². The second-order valence-electron chi connectivity index (χ2n) is 5.40. The number of hydrogen-bond donors (Lipinski definition) is 1. The lowest BCUT2D eigenvalue weighted by Crippen LogP contribution is -2.50. The SMILES string of the molecule is COc1ccc(S(=O)(=O)N2CCN(CCNC(C)=O)CC2)cc1. The average molecular weight is 341 g/mol. The van der Waals surface area contributed by atoms with Crippen LogP contribution in [0.2, 0.25) is 0 Å². The van der Waals surface area contributed by atoms with Gasteiger partial charge < -0.3 is 10.1 Å². The first-order valence-corrected chi connectivity index (χ1v) is 8.98. The first-order chi connectivity index (χ1) is 10.9. The molecule has 0 aromatic heterocycles. The molecule has 128 valence electrons. The van der Waals surface area contributed by atoms with E-state index < -0.39 is 10.0 Å². The molecule has 7 nitrogen and oxygen atoms in total. The number of piperazine rings is 1. The number of rotatable bonds is 6. The minimum Gasteiger partial charge on any atom is -0.497 e. The molecule has 1 N–H and O–H groups in total. The van der Waals surface area contributed by atoms with Crippen molar-refractivity contribution in [2.45, 2.75) is 11.8 Å². The maximum Gasteiger partial charge on any atom is 0.243 e. The fourth-order valence-corrected chi connectivity index (χ4v) is 3.90. The molecule has 1 saturated heterocycles. The Kier molecular flexibility index (Phi) is 5.97. The highest BCUT2D eigenvalue weighted by atomic mass is 32.2. The Balaban J connectivity index is 1.91. The maximum atomic E-state index is 12.6. The lowest BCUT2D eigenvalue weighted by molar-refractivity contribution is -0.119. The number of ether oxygens (including phenoxy) is 1. The highest BCUT2D eigenvalue weighted by Gasteiger charge is 2.28. The van der Waals surface area contributed by atoms with Gasteiger partial charge in [0.25, 0.3) is 0 Å². The molecule has 8 heteroatoms. The Hall–Kier alpha value is -1.64. The summed E-state index contributed by atoms with van der Waals surface area (Å²) in [6.45, 7) is 5.03. The third kappa shape index (κ3) is 4.66. The van der Waals surface area contributed by atoms with Crippen LogP contribution in [0.4, 0.5) is 0 Å². The number of nitrogens with one attached hydrogen (secondary N) is 1. The van der Waals surface area contributed by atoms with Gasteiger partial charge in [0, 0.05) is 46.2 Å². The van der Waals surface area contributed by atoms with Crippen molar-refractivity contribution in [2.24, 2.45) is 0 Å². The van der Waals surface area contributed by atoms with Gasteiger partial charge in [-0.05, 0) is 24.3 Å². The van der Waals surface area contributed by atoms with Gasteiger partial charge in [0.15, 0.2) is 0 Å². The van der Waals surface area contributed by atoms with Crippen LogP contribution in [0.3, 0.4) is 0 Å². The van der Waals surface area contributed by atoms with Gasteiger partial charge >= 0.3 is 0 Å². The van der Waals surface area contributed by atoms with Crippen LogP contribution in [0, 0.1) is 0 Å². The van der Waals surface area contributed by atoms with E-state index in [4.69, 9.17) is 4.74 Å². The topological polar surface area (TPSA) is 79.0 Å². The van der Waals surface area contributed by atoms with Crippen molar-refractivity contribution in [3.8, 4) is 5.75 Å². The number of carbonyl (C=O) groups is 1. The second-order valence-corrected chi connectivity index (χ2v) is 7.34. The summed E-state index contributed by atoms with van der Waals surface area (Å²) in [6, 6.07) is 6.43. The smallest absolute Gasteiger partial charge is 0.243 e. The van der Waals surface area contributed by atoms with Gasteiger partial charge in [-0.1, -0.05) is 0 Å². The Labute approximate surface area is 137 Å². The zero-order chi connectivity index (χ0) is 16.9. The van der Waals surface area contributed by atoms with Crippen LogP contribution in [0.15, 0.2) is 29.2 Å². The molecule has 1 aromatic carbocycles. The minimum absolute atomic E-state index is 0.0503. The van der Waals surface area contributed by atoms with Crippen molar-refractivity contribution < 1.29 is 17.9 Å². The van der Waals surface area contributed by atoms with Gasteiger partial charge in [-0.2, -0.15) is 4.31 Å². The standard InChI is InChI=1S/C15H23N3O4S/c1-13(19)16-7-8-17-9-11-18(12-10-17)23(20,21)15-5-3-14(22-2)4-6-15/h3-6H,7-12H2,1-2H3,(H,16,19). The van der Waals surface area contributed by atoms with Crippen LogP contribution in [0.1, 0.15) is 6.92 Å². The predicted molar refractivity (Wildman–Crippen MR) is 86.9 cm³/mol. The molecule has 0 spiro atoms. The molecule has 1 heterocycles. The molecule has 0 aliphatic carbocycles.